The van der Waals surface area contributed by atoms with Crippen molar-refractivity contribution in [2.75, 3.05) is 32.7 Å². The summed E-state index contributed by atoms with van der Waals surface area (Å²) in [5.74, 6) is 0. The number of nitrogens with zero attached hydrogens (tertiary/aromatic N) is 2. The van der Waals surface area contributed by atoms with Gasteiger partial charge in [-0.3, -0.25) is 10.3 Å². The van der Waals surface area contributed by atoms with Crippen LogP contribution in [-0.4, -0.2) is 37.1 Å². The zero-order valence-corrected chi connectivity index (χ0v) is 15.1. The van der Waals surface area contributed by atoms with Gasteiger partial charge in [-0.1, -0.05) is 48.1 Å². The molecule has 6 heteroatoms. The van der Waals surface area contributed by atoms with Crippen molar-refractivity contribution in [3.8, 4) is 0 Å². The number of likely N-dealkylation sites (N-methyl/N-ethyl adjacent to an activating group) is 1. The molecule has 24 heavy (non-hydrogen) atoms. The van der Waals surface area contributed by atoms with Crippen LogP contribution in [0.15, 0.2) is 42.5 Å². The van der Waals surface area contributed by atoms with Crippen LogP contribution in [0.2, 0.25) is 5.02 Å². The van der Waals surface area contributed by atoms with Crippen molar-refractivity contribution >= 4 is 51.2 Å². The second kappa shape index (κ2) is 7.40. The Morgan fingerprint density at radius 3 is 2.62 bits per heavy atom. The number of hydrogen-bond acceptors (Lipinski definition) is 5. The van der Waals surface area contributed by atoms with Crippen molar-refractivity contribution in [3.63, 3.8) is 0 Å². The maximum atomic E-state index is 6.20. The van der Waals surface area contributed by atoms with Crippen molar-refractivity contribution < 1.29 is 4.84 Å². The van der Waals surface area contributed by atoms with Crippen molar-refractivity contribution in [2.45, 2.75) is 0 Å². The van der Waals surface area contributed by atoms with Gasteiger partial charge in [0, 0.05) is 27.7 Å². The summed E-state index contributed by atoms with van der Waals surface area (Å²) in [7, 11) is 4.01. The Bertz CT molecular complexity index is 946. The van der Waals surface area contributed by atoms with Crippen LogP contribution >= 0.6 is 23.8 Å². The Kier molecular flexibility index (Phi) is 5.26. The van der Waals surface area contributed by atoms with Crippen LogP contribution in [0.25, 0.3) is 21.7 Å². The van der Waals surface area contributed by atoms with Crippen LogP contribution in [0.3, 0.4) is 0 Å². The molecule has 0 bridgehead atoms. The highest BCUT2D eigenvalue weighted by atomic mass is 35.5. The average molecular weight is 360 g/mol. The zero-order valence-electron chi connectivity index (χ0n) is 13.5. The minimum atomic E-state index is 0.552. The fourth-order valence-corrected chi connectivity index (χ4v) is 2.92. The fourth-order valence-electron chi connectivity index (χ4n) is 2.47. The van der Waals surface area contributed by atoms with Gasteiger partial charge in [0.2, 0.25) is 0 Å². The van der Waals surface area contributed by atoms with Crippen LogP contribution in [0.1, 0.15) is 0 Å². The highest BCUT2D eigenvalue weighted by Crippen LogP contribution is 2.31. The van der Waals surface area contributed by atoms with Crippen molar-refractivity contribution in [1.29, 1.82) is 0 Å². The molecule has 0 aliphatic carbocycles. The number of aromatic nitrogens is 1. The van der Waals surface area contributed by atoms with E-state index in [1.54, 1.807) is 0 Å². The van der Waals surface area contributed by atoms with E-state index < -0.39 is 0 Å². The summed E-state index contributed by atoms with van der Waals surface area (Å²) in [6.07, 6.45) is 0. The normalized spacial score (nSPS) is 11.3. The molecule has 0 atom stereocenters. The lowest BCUT2D eigenvalue weighted by atomic mass is 10.1. The Morgan fingerprint density at radius 1 is 1.12 bits per heavy atom. The van der Waals surface area contributed by atoms with E-state index in [4.69, 9.17) is 28.7 Å². The summed E-state index contributed by atoms with van der Waals surface area (Å²) in [4.78, 5) is 12.3. The van der Waals surface area contributed by atoms with Crippen LogP contribution in [-0.2, 0) is 4.84 Å². The van der Waals surface area contributed by atoms with Crippen molar-refractivity contribution in [2.24, 2.45) is 0 Å². The molecule has 0 radical (unpaired) electrons. The molecule has 0 saturated carbocycles. The fraction of sp³-hybridized carbons (Fsp3) is 0.222. The highest BCUT2D eigenvalue weighted by molar-refractivity contribution is 7.71. The molecule has 0 unspecified atom stereocenters. The standard InChI is InChI=1S/C18H18ClN3OS/c1-22(2)9-10-23-21-17-13-5-3-4-6-14(13)18(24)20-16-8-7-12(19)11-15(16)17/h3-8,11,21H,9-10H2,1-2H3. The number of halogens is 1. The second-order valence-corrected chi connectivity index (χ2v) is 6.58. The van der Waals surface area contributed by atoms with Gasteiger partial charge in [-0.05, 0) is 32.3 Å². The first-order valence-electron chi connectivity index (χ1n) is 7.61. The molecule has 2 aromatic carbocycles. The molecule has 0 spiro atoms. The van der Waals surface area contributed by atoms with Gasteiger partial charge in [0.1, 0.15) is 4.64 Å². The number of anilines is 1. The van der Waals surface area contributed by atoms with E-state index in [0.717, 1.165) is 33.9 Å². The van der Waals surface area contributed by atoms with Gasteiger partial charge in [-0.25, -0.2) is 4.98 Å². The van der Waals surface area contributed by atoms with Crippen LogP contribution < -0.4 is 5.48 Å². The molecule has 1 heterocycles. The number of nitrogens with one attached hydrogen (secondary N) is 1. The quantitative estimate of drug-likeness (QED) is 0.407. The third kappa shape index (κ3) is 3.65. The van der Waals surface area contributed by atoms with Crippen LogP contribution in [0.4, 0.5) is 5.69 Å². The summed E-state index contributed by atoms with van der Waals surface area (Å²) in [6.45, 7) is 1.36. The number of fused-ring (bicyclic) bond motifs is 2. The summed E-state index contributed by atoms with van der Waals surface area (Å²) in [5, 5.41) is 3.37. The lowest BCUT2D eigenvalue weighted by Gasteiger charge is -2.12. The Labute approximate surface area is 151 Å². The van der Waals surface area contributed by atoms with Gasteiger partial charge in [-0.2, -0.15) is 0 Å². The third-order valence-electron chi connectivity index (χ3n) is 3.69. The monoisotopic (exact) mass is 359 g/mol. The molecule has 0 aliphatic heterocycles. The van der Waals surface area contributed by atoms with Crippen LogP contribution in [0, 0.1) is 4.64 Å². The topological polar surface area (TPSA) is 37.4 Å². The minimum Gasteiger partial charge on any atom is -0.307 e. The molecule has 4 nitrogen and oxygen atoms in total. The molecule has 0 saturated heterocycles. The molecular formula is C18H18ClN3OS. The van der Waals surface area contributed by atoms with Gasteiger partial charge < -0.3 is 4.90 Å². The summed E-state index contributed by atoms with van der Waals surface area (Å²) >= 11 is 11.7. The van der Waals surface area contributed by atoms with Gasteiger partial charge in [0.15, 0.2) is 0 Å². The smallest absolute Gasteiger partial charge is 0.134 e. The molecule has 0 aliphatic rings. The van der Waals surface area contributed by atoms with Gasteiger partial charge >= 0.3 is 0 Å². The van der Waals surface area contributed by atoms with E-state index in [2.05, 4.69) is 15.4 Å². The first-order chi connectivity index (χ1) is 11.6. The molecule has 0 amide bonds. The summed E-state index contributed by atoms with van der Waals surface area (Å²) in [6, 6.07) is 13.5. The lowest BCUT2D eigenvalue weighted by molar-refractivity contribution is 0.169. The Balaban J connectivity index is 2.19. The Hall–Kier alpha value is -1.79. The molecule has 124 valence electrons. The van der Waals surface area contributed by atoms with E-state index in [1.807, 2.05) is 56.6 Å². The molecule has 1 aromatic heterocycles. The van der Waals surface area contributed by atoms with E-state index in [1.165, 1.54) is 0 Å². The first-order valence-corrected chi connectivity index (χ1v) is 8.40. The minimum absolute atomic E-state index is 0.552. The van der Waals surface area contributed by atoms with E-state index in [0.29, 0.717) is 16.3 Å². The molecular weight excluding hydrogens is 342 g/mol. The summed E-state index contributed by atoms with van der Waals surface area (Å²) in [5.41, 5.74) is 4.69. The van der Waals surface area contributed by atoms with Gasteiger partial charge in [0.05, 0.1) is 17.8 Å². The molecule has 3 aromatic rings. The predicted molar refractivity (Wildman–Crippen MR) is 103 cm³/mol. The van der Waals surface area contributed by atoms with E-state index >= 15 is 0 Å². The lowest BCUT2D eigenvalue weighted by Crippen LogP contribution is -2.19. The summed E-state index contributed by atoms with van der Waals surface area (Å²) < 4.78 is 0.555. The van der Waals surface area contributed by atoms with Crippen LogP contribution in [0.5, 0.6) is 0 Å². The van der Waals surface area contributed by atoms with E-state index in [9.17, 15) is 0 Å². The number of rotatable bonds is 5. The van der Waals surface area contributed by atoms with Crippen molar-refractivity contribution in [3.05, 3.63) is 52.1 Å². The first kappa shape index (κ1) is 17.0. The van der Waals surface area contributed by atoms with Gasteiger partial charge in [-0.15, -0.1) is 0 Å². The zero-order chi connectivity index (χ0) is 17.1. The van der Waals surface area contributed by atoms with E-state index in [-0.39, 0.29) is 0 Å². The largest absolute Gasteiger partial charge is 0.307 e. The number of benzene rings is 2. The predicted octanol–water partition coefficient (Wildman–Crippen LogP) is 4.68. The highest BCUT2D eigenvalue weighted by Gasteiger charge is 2.09. The molecule has 0 fully saturated rings. The Morgan fingerprint density at radius 2 is 1.88 bits per heavy atom. The SMILES string of the molecule is CN(C)CCONc1c2cc(Cl)ccc2nc(=S)c2ccccc12. The maximum absolute atomic E-state index is 6.20. The molecule has 3 rings (SSSR count). The second-order valence-electron chi connectivity index (χ2n) is 5.75. The number of hydrogen-bond donors (Lipinski definition) is 1. The third-order valence-corrected chi connectivity index (χ3v) is 4.24. The molecule has 1 N–H and O–H groups in total. The average Bonchev–Trinajstić information content (AvgIpc) is 2.67. The van der Waals surface area contributed by atoms with Gasteiger partial charge in [0.25, 0.3) is 0 Å². The maximum Gasteiger partial charge on any atom is 0.134 e. The van der Waals surface area contributed by atoms with Crippen molar-refractivity contribution in [1.82, 2.24) is 9.88 Å².